The highest BCUT2D eigenvalue weighted by Crippen LogP contribution is 2.56. The maximum Gasteiger partial charge on any atom is 0.165 e. The van der Waals surface area contributed by atoms with Gasteiger partial charge in [0, 0.05) is 11.1 Å². The van der Waals surface area contributed by atoms with E-state index < -0.39 is 5.41 Å². The molecule has 3 heteroatoms. The Morgan fingerprint density at radius 2 is 1.13 bits per heavy atom. The Hall–Kier alpha value is -6.32. The summed E-state index contributed by atoms with van der Waals surface area (Å²) in [6.45, 7) is 0. The number of aliphatic imine (C=N–C) groups is 2. The lowest BCUT2D eigenvalue weighted by molar-refractivity contribution is 0.641. The summed E-state index contributed by atoms with van der Waals surface area (Å²) in [5.41, 5.74) is 16.1. The second kappa shape index (κ2) is 14.2. The maximum atomic E-state index is 5.27. The molecule has 1 heterocycles. The highest BCUT2D eigenvalue weighted by Gasteiger charge is 2.46. The van der Waals surface area contributed by atoms with Gasteiger partial charge >= 0.3 is 0 Å². The van der Waals surface area contributed by atoms with Crippen LogP contribution in [0.25, 0.3) is 27.8 Å². The summed E-state index contributed by atoms with van der Waals surface area (Å²) < 4.78 is 0. The SMILES string of the molecule is C1=C(C2=NC(C3=CCCCC3)N=C(c3ccccc3)N2)C=C(c2ccccc2-c2ccc3c(c2)-c2ccccc2C3(c2ccccc2)c2ccccc2)CC1. The van der Waals surface area contributed by atoms with Crippen molar-refractivity contribution in [3.8, 4) is 22.3 Å². The van der Waals surface area contributed by atoms with Crippen molar-refractivity contribution in [2.45, 2.75) is 50.1 Å². The Kier molecular flexibility index (Phi) is 8.56. The standard InChI is InChI=1S/C52H43N3/c1-5-18-36(19-6-1)49-53-50(37-20-7-2-8-21-37)55-51(54-49)40-23-17-22-38(34-40)43-28-13-14-29-44(43)39-32-33-48-46(35-39)45-30-15-16-31-47(45)52(48,41-24-9-3-10-25-41)42-26-11-4-12-27-42/h1,3-6,9-16,18-20,23-35,50H,2,7-8,17,21-22H2,(H,53,54,55). The van der Waals surface area contributed by atoms with Gasteiger partial charge in [0.15, 0.2) is 6.17 Å². The van der Waals surface area contributed by atoms with Crippen molar-refractivity contribution in [1.29, 1.82) is 0 Å². The van der Waals surface area contributed by atoms with Crippen LogP contribution in [0.15, 0.2) is 197 Å². The van der Waals surface area contributed by atoms with Crippen LogP contribution in [0.1, 0.15) is 71.9 Å². The van der Waals surface area contributed by atoms with E-state index in [1.54, 1.807) is 0 Å². The molecule has 10 rings (SSSR count). The van der Waals surface area contributed by atoms with E-state index in [0.29, 0.717) is 0 Å². The molecule has 6 aromatic rings. The van der Waals surface area contributed by atoms with Crippen molar-refractivity contribution in [2.75, 3.05) is 0 Å². The predicted octanol–water partition coefficient (Wildman–Crippen LogP) is 12.1. The summed E-state index contributed by atoms with van der Waals surface area (Å²) >= 11 is 0. The number of nitrogens with one attached hydrogen (secondary N) is 1. The van der Waals surface area contributed by atoms with Crippen LogP contribution in [0.2, 0.25) is 0 Å². The van der Waals surface area contributed by atoms with Crippen LogP contribution in [0.4, 0.5) is 0 Å². The van der Waals surface area contributed by atoms with Crippen LogP contribution >= 0.6 is 0 Å². The van der Waals surface area contributed by atoms with Crippen molar-refractivity contribution in [1.82, 2.24) is 5.32 Å². The first-order valence-electron chi connectivity index (χ1n) is 19.8. The molecule has 0 bridgehead atoms. The molecule has 55 heavy (non-hydrogen) atoms. The first-order valence-corrected chi connectivity index (χ1v) is 19.8. The van der Waals surface area contributed by atoms with Crippen molar-refractivity contribution >= 4 is 17.2 Å². The lowest BCUT2D eigenvalue weighted by Crippen LogP contribution is -2.38. The number of rotatable bonds is 7. The van der Waals surface area contributed by atoms with Crippen LogP contribution in [-0.2, 0) is 5.41 Å². The monoisotopic (exact) mass is 709 g/mol. The third-order valence-corrected chi connectivity index (χ3v) is 11.9. The second-order valence-corrected chi connectivity index (χ2v) is 15.0. The molecule has 0 saturated heterocycles. The van der Waals surface area contributed by atoms with Crippen molar-refractivity contribution in [3.63, 3.8) is 0 Å². The molecule has 1 aliphatic heterocycles. The summed E-state index contributed by atoms with van der Waals surface area (Å²) in [7, 11) is 0. The van der Waals surface area contributed by atoms with Gasteiger partial charge in [0.2, 0.25) is 0 Å². The topological polar surface area (TPSA) is 36.8 Å². The molecule has 1 atom stereocenters. The van der Waals surface area contributed by atoms with Gasteiger partial charge < -0.3 is 5.32 Å². The molecule has 0 aromatic heterocycles. The van der Waals surface area contributed by atoms with Crippen molar-refractivity contribution in [3.05, 3.63) is 220 Å². The number of hydrogen-bond donors (Lipinski definition) is 1. The summed E-state index contributed by atoms with van der Waals surface area (Å²) in [5, 5.41) is 3.66. The van der Waals surface area contributed by atoms with Crippen LogP contribution in [0, 0.1) is 0 Å². The maximum absolute atomic E-state index is 5.27. The third-order valence-electron chi connectivity index (χ3n) is 11.9. The molecule has 6 aromatic carbocycles. The van der Waals surface area contributed by atoms with E-state index in [2.05, 4.69) is 181 Å². The fourth-order valence-corrected chi connectivity index (χ4v) is 9.31. The normalized spacial score (nSPS) is 18.4. The molecule has 0 radical (unpaired) electrons. The predicted molar refractivity (Wildman–Crippen MR) is 228 cm³/mol. The minimum absolute atomic E-state index is 0.188. The number of nitrogens with zero attached hydrogens (tertiary/aromatic N) is 2. The summed E-state index contributed by atoms with van der Waals surface area (Å²) in [5.74, 6) is 1.80. The molecule has 4 aliphatic rings. The fraction of sp³-hybridized carbons (Fsp3) is 0.154. The van der Waals surface area contributed by atoms with E-state index in [1.165, 1.54) is 74.1 Å². The number of hydrogen-bond acceptors (Lipinski definition) is 3. The van der Waals surface area contributed by atoms with Crippen molar-refractivity contribution in [2.24, 2.45) is 9.98 Å². The number of fused-ring (bicyclic) bond motifs is 3. The zero-order chi connectivity index (χ0) is 36.6. The van der Waals surface area contributed by atoms with Gasteiger partial charge in [-0.2, -0.15) is 0 Å². The lowest BCUT2D eigenvalue weighted by Gasteiger charge is -2.33. The Labute approximate surface area is 324 Å². The Morgan fingerprint density at radius 3 is 1.85 bits per heavy atom. The minimum atomic E-state index is -0.404. The average molecular weight is 710 g/mol. The zero-order valence-corrected chi connectivity index (χ0v) is 31.0. The van der Waals surface area contributed by atoms with E-state index in [9.17, 15) is 0 Å². The quantitative estimate of drug-likeness (QED) is 0.164. The van der Waals surface area contributed by atoms with Gasteiger partial charge in [0.25, 0.3) is 0 Å². The smallest absolute Gasteiger partial charge is 0.165 e. The van der Waals surface area contributed by atoms with Crippen LogP contribution < -0.4 is 5.32 Å². The van der Waals surface area contributed by atoms with Gasteiger partial charge in [0.1, 0.15) is 11.7 Å². The van der Waals surface area contributed by atoms with Gasteiger partial charge in [-0.15, -0.1) is 0 Å². The van der Waals surface area contributed by atoms with Gasteiger partial charge in [-0.3, -0.25) is 0 Å². The summed E-state index contributed by atoms with van der Waals surface area (Å²) in [4.78, 5) is 10.4. The molecular formula is C52H43N3. The first kappa shape index (κ1) is 33.3. The van der Waals surface area contributed by atoms with E-state index in [1.807, 2.05) is 0 Å². The second-order valence-electron chi connectivity index (χ2n) is 15.0. The molecule has 0 saturated carbocycles. The zero-order valence-electron chi connectivity index (χ0n) is 31.0. The first-order chi connectivity index (χ1) is 27.3. The molecule has 0 spiro atoms. The molecule has 0 fully saturated rings. The molecule has 1 unspecified atom stereocenters. The number of amidine groups is 2. The highest BCUT2D eigenvalue weighted by molar-refractivity contribution is 6.17. The van der Waals surface area contributed by atoms with Crippen LogP contribution in [0.3, 0.4) is 0 Å². The molecule has 1 N–H and O–H groups in total. The van der Waals surface area contributed by atoms with Gasteiger partial charge in [0.05, 0.1) is 5.41 Å². The third kappa shape index (κ3) is 5.83. The van der Waals surface area contributed by atoms with E-state index in [4.69, 9.17) is 9.98 Å². The van der Waals surface area contributed by atoms with Gasteiger partial charge in [-0.25, -0.2) is 9.98 Å². The molecule has 266 valence electrons. The summed E-state index contributed by atoms with van der Waals surface area (Å²) in [6, 6.07) is 57.7. The number of benzene rings is 6. The van der Waals surface area contributed by atoms with E-state index >= 15 is 0 Å². The Bertz CT molecular complexity index is 2520. The summed E-state index contributed by atoms with van der Waals surface area (Å²) in [6.07, 6.45) is 13.4. The molecule has 3 nitrogen and oxygen atoms in total. The lowest BCUT2D eigenvalue weighted by atomic mass is 9.67. The molecular weight excluding hydrogens is 667 g/mol. The Morgan fingerprint density at radius 1 is 0.491 bits per heavy atom. The van der Waals surface area contributed by atoms with Crippen LogP contribution in [0.5, 0.6) is 0 Å². The van der Waals surface area contributed by atoms with Crippen LogP contribution in [-0.4, -0.2) is 17.8 Å². The van der Waals surface area contributed by atoms with Gasteiger partial charge in [-0.05, 0) is 112 Å². The fourth-order valence-electron chi connectivity index (χ4n) is 9.31. The highest BCUT2D eigenvalue weighted by atomic mass is 15.2. The minimum Gasteiger partial charge on any atom is -0.324 e. The largest absolute Gasteiger partial charge is 0.324 e. The van der Waals surface area contributed by atoms with Gasteiger partial charge in [-0.1, -0.05) is 164 Å². The van der Waals surface area contributed by atoms with E-state index in [-0.39, 0.29) is 6.17 Å². The molecule has 3 aliphatic carbocycles. The number of allylic oxidation sites excluding steroid dienone is 3. The molecule has 0 amide bonds. The van der Waals surface area contributed by atoms with Crippen molar-refractivity contribution < 1.29 is 0 Å². The van der Waals surface area contributed by atoms with E-state index in [0.717, 1.165) is 48.5 Å². The average Bonchev–Trinajstić information content (AvgIpc) is 3.58. The Balaban J connectivity index is 1.06.